The van der Waals surface area contributed by atoms with Crippen LogP contribution in [0.25, 0.3) is 5.82 Å². The largest absolute Gasteiger partial charge is 0.473 e. The zero-order valence-corrected chi connectivity index (χ0v) is 18.5. The number of pyridine rings is 1. The number of hydrogen-bond donors (Lipinski definition) is 0. The molecule has 0 aliphatic carbocycles. The first-order chi connectivity index (χ1) is 15.7. The molecule has 0 radical (unpaired) electrons. The molecule has 1 aliphatic rings. The molecule has 2 aromatic heterocycles. The maximum absolute atomic E-state index is 13.0. The van der Waals surface area contributed by atoms with Crippen LogP contribution in [0.1, 0.15) is 40.0 Å². The molecule has 3 aromatic rings. The minimum Gasteiger partial charge on any atom is -0.473 e. The number of halogens is 3. The van der Waals surface area contributed by atoms with Crippen LogP contribution in [0.15, 0.2) is 48.7 Å². The van der Waals surface area contributed by atoms with E-state index >= 15 is 0 Å². The molecule has 0 atom stereocenters. The summed E-state index contributed by atoms with van der Waals surface area (Å²) in [5.74, 6) is -0.733. The molecule has 0 N–H and O–H groups in total. The van der Waals surface area contributed by atoms with Gasteiger partial charge in [-0.05, 0) is 43.9 Å². The van der Waals surface area contributed by atoms with Crippen molar-refractivity contribution < 1.29 is 22.7 Å². The third-order valence-electron chi connectivity index (χ3n) is 5.77. The molecule has 1 amide bonds. The fourth-order valence-electron chi connectivity index (χ4n) is 3.91. The quantitative estimate of drug-likeness (QED) is 0.547. The van der Waals surface area contributed by atoms with Gasteiger partial charge in [-0.1, -0.05) is 30.3 Å². The second-order valence-corrected chi connectivity index (χ2v) is 8.30. The highest BCUT2D eigenvalue weighted by atomic mass is 19.4. The van der Waals surface area contributed by atoms with Gasteiger partial charge < -0.3 is 9.64 Å². The Bertz CT molecular complexity index is 1120. The van der Waals surface area contributed by atoms with Gasteiger partial charge in [0.25, 0.3) is 5.91 Å². The van der Waals surface area contributed by atoms with Crippen LogP contribution in [0.2, 0.25) is 0 Å². The average Bonchev–Trinajstić information content (AvgIpc) is 3.19. The summed E-state index contributed by atoms with van der Waals surface area (Å²) >= 11 is 0. The van der Waals surface area contributed by atoms with E-state index in [1.54, 1.807) is 13.1 Å². The highest BCUT2D eigenvalue weighted by molar-refractivity contribution is 5.95. The highest BCUT2D eigenvalue weighted by Gasteiger charge is 2.42. The number of piperidine rings is 1. The third kappa shape index (κ3) is 5.35. The molecule has 9 heteroatoms. The molecule has 0 bridgehead atoms. The molecule has 3 heterocycles. The lowest BCUT2D eigenvalue weighted by molar-refractivity contribution is -0.183. The van der Waals surface area contributed by atoms with E-state index < -0.39 is 12.1 Å². The lowest BCUT2D eigenvalue weighted by atomic mass is 9.96. The number of amides is 1. The molecule has 6 nitrogen and oxygen atoms in total. The van der Waals surface area contributed by atoms with Gasteiger partial charge in [0, 0.05) is 25.4 Å². The maximum Gasteiger partial charge on any atom is 0.391 e. The lowest BCUT2D eigenvalue weighted by Gasteiger charge is -2.32. The van der Waals surface area contributed by atoms with Crippen LogP contribution in [0, 0.1) is 19.8 Å². The Labute approximate surface area is 190 Å². The molecule has 174 valence electrons. The first kappa shape index (κ1) is 22.8. The van der Waals surface area contributed by atoms with Gasteiger partial charge in [-0.2, -0.15) is 23.3 Å². The third-order valence-corrected chi connectivity index (χ3v) is 5.77. The van der Waals surface area contributed by atoms with Crippen molar-refractivity contribution in [2.24, 2.45) is 5.92 Å². The second kappa shape index (κ2) is 9.25. The van der Waals surface area contributed by atoms with E-state index in [1.165, 1.54) is 9.58 Å². The maximum atomic E-state index is 13.0. The molecule has 1 saturated heterocycles. The Morgan fingerprint density at radius 2 is 1.82 bits per heavy atom. The van der Waals surface area contributed by atoms with E-state index in [9.17, 15) is 18.0 Å². The first-order valence-electron chi connectivity index (χ1n) is 10.8. The van der Waals surface area contributed by atoms with Crippen molar-refractivity contribution in [1.29, 1.82) is 0 Å². The number of rotatable bonds is 5. The van der Waals surface area contributed by atoms with Gasteiger partial charge >= 0.3 is 6.18 Å². The summed E-state index contributed by atoms with van der Waals surface area (Å²) in [4.78, 5) is 18.9. The van der Waals surface area contributed by atoms with E-state index in [0.717, 1.165) is 11.1 Å². The molecule has 33 heavy (non-hydrogen) atoms. The number of aromatic nitrogens is 3. The SMILES string of the molecule is Cc1cc(OCc2ccccc2)nc(-n2cc(C(=O)N3CCC(C(F)(F)F)CC3)c(C)n2)c1. The van der Waals surface area contributed by atoms with Crippen molar-refractivity contribution in [3.63, 3.8) is 0 Å². The van der Waals surface area contributed by atoms with Crippen LogP contribution in [0.5, 0.6) is 5.88 Å². The topological polar surface area (TPSA) is 60.3 Å². The predicted molar refractivity (Wildman–Crippen MR) is 116 cm³/mol. The van der Waals surface area contributed by atoms with Crippen molar-refractivity contribution in [2.45, 2.75) is 39.5 Å². The smallest absolute Gasteiger partial charge is 0.391 e. The van der Waals surface area contributed by atoms with Crippen molar-refractivity contribution in [1.82, 2.24) is 19.7 Å². The molecule has 0 saturated carbocycles. The van der Waals surface area contributed by atoms with Crippen LogP contribution >= 0.6 is 0 Å². The second-order valence-electron chi connectivity index (χ2n) is 8.30. The summed E-state index contributed by atoms with van der Waals surface area (Å²) in [5, 5.41) is 4.42. The van der Waals surface area contributed by atoms with Gasteiger partial charge in [0.1, 0.15) is 6.61 Å². The van der Waals surface area contributed by atoms with E-state index in [1.807, 2.05) is 49.4 Å². The van der Waals surface area contributed by atoms with E-state index in [2.05, 4.69) is 10.1 Å². The van der Waals surface area contributed by atoms with Crippen LogP contribution in [-0.4, -0.2) is 44.8 Å². The van der Waals surface area contributed by atoms with Gasteiger partial charge in [0.05, 0.1) is 17.2 Å². The van der Waals surface area contributed by atoms with Crippen molar-refractivity contribution in [2.75, 3.05) is 13.1 Å². The Hall–Kier alpha value is -3.36. The minimum absolute atomic E-state index is 0.0772. The summed E-state index contributed by atoms with van der Waals surface area (Å²) < 4.78 is 46.1. The monoisotopic (exact) mass is 458 g/mol. The Morgan fingerprint density at radius 1 is 1.12 bits per heavy atom. The van der Waals surface area contributed by atoms with E-state index in [4.69, 9.17) is 4.74 Å². The van der Waals surface area contributed by atoms with Crippen molar-refractivity contribution >= 4 is 5.91 Å². The molecule has 0 spiro atoms. The molecular weight excluding hydrogens is 433 g/mol. The molecule has 4 rings (SSSR count). The summed E-state index contributed by atoms with van der Waals surface area (Å²) in [6.07, 6.45) is -2.79. The summed E-state index contributed by atoms with van der Waals surface area (Å²) in [6, 6.07) is 13.4. The van der Waals surface area contributed by atoms with Crippen LogP contribution < -0.4 is 4.74 Å². The fourth-order valence-corrected chi connectivity index (χ4v) is 3.91. The number of nitrogens with zero attached hydrogens (tertiary/aromatic N) is 4. The van der Waals surface area contributed by atoms with Crippen LogP contribution in [0.3, 0.4) is 0 Å². The number of ether oxygens (including phenoxy) is 1. The van der Waals surface area contributed by atoms with Crippen molar-refractivity contribution in [3.05, 3.63) is 71.0 Å². The van der Waals surface area contributed by atoms with Gasteiger partial charge in [-0.3, -0.25) is 4.79 Å². The standard InChI is InChI=1S/C24H25F3N4O2/c1-16-12-21(28-22(13-16)33-15-18-6-4-3-5-7-18)31-14-20(17(2)29-31)23(32)30-10-8-19(9-11-30)24(25,26)27/h3-7,12-14,19H,8-11,15H2,1-2H3. The summed E-state index contributed by atoms with van der Waals surface area (Å²) in [7, 11) is 0. The highest BCUT2D eigenvalue weighted by Crippen LogP contribution is 2.34. The Balaban J connectivity index is 1.49. The van der Waals surface area contributed by atoms with Gasteiger partial charge in [-0.15, -0.1) is 0 Å². The Kier molecular flexibility index (Phi) is 6.40. The zero-order valence-electron chi connectivity index (χ0n) is 18.5. The van der Waals surface area contributed by atoms with Crippen molar-refractivity contribution in [3.8, 4) is 11.7 Å². The molecular formula is C24H25F3N4O2. The van der Waals surface area contributed by atoms with Gasteiger partial charge in [0.15, 0.2) is 5.82 Å². The molecule has 1 aromatic carbocycles. The van der Waals surface area contributed by atoms with E-state index in [-0.39, 0.29) is 31.8 Å². The van der Waals surface area contributed by atoms with Gasteiger partial charge in [-0.25, -0.2) is 4.68 Å². The summed E-state index contributed by atoms with van der Waals surface area (Å²) in [6.45, 7) is 4.14. The van der Waals surface area contributed by atoms with Gasteiger partial charge in [0.2, 0.25) is 5.88 Å². The number of alkyl halides is 3. The van der Waals surface area contributed by atoms with Crippen LogP contribution in [-0.2, 0) is 6.61 Å². The number of carbonyl (C=O) groups excluding carboxylic acids is 1. The lowest BCUT2D eigenvalue weighted by Crippen LogP contribution is -2.42. The number of aryl methyl sites for hydroxylation is 2. The first-order valence-corrected chi connectivity index (χ1v) is 10.8. The predicted octanol–water partition coefficient (Wildman–Crippen LogP) is 4.88. The normalized spacial score (nSPS) is 15.0. The Morgan fingerprint density at radius 3 is 2.48 bits per heavy atom. The number of carbonyl (C=O) groups is 1. The van der Waals surface area contributed by atoms with E-state index in [0.29, 0.717) is 29.6 Å². The average molecular weight is 458 g/mol. The minimum atomic E-state index is -4.22. The number of benzene rings is 1. The number of likely N-dealkylation sites (tertiary alicyclic amines) is 1. The molecule has 1 aliphatic heterocycles. The fraction of sp³-hybridized carbons (Fsp3) is 0.375. The summed E-state index contributed by atoms with van der Waals surface area (Å²) in [5.41, 5.74) is 2.78. The zero-order chi connectivity index (χ0) is 23.6. The molecule has 1 fully saturated rings. The molecule has 0 unspecified atom stereocenters. The van der Waals surface area contributed by atoms with Crippen LogP contribution in [0.4, 0.5) is 13.2 Å². The number of hydrogen-bond acceptors (Lipinski definition) is 4.